The normalized spacial score (nSPS) is 13.2. The lowest BCUT2D eigenvalue weighted by atomic mass is 10.2. The molecule has 0 unspecified atom stereocenters. The van der Waals surface area contributed by atoms with E-state index >= 15 is 0 Å². The zero-order valence-electron chi connectivity index (χ0n) is 9.33. The topological polar surface area (TPSA) is 72.6 Å². The molecular formula is C9H18N2O3. The Kier molecular flexibility index (Phi) is 3.92. The van der Waals surface area contributed by atoms with Gasteiger partial charge in [0.2, 0.25) is 5.91 Å². The average molecular weight is 202 g/mol. The predicted molar refractivity (Wildman–Crippen MR) is 52.7 cm³/mol. The van der Waals surface area contributed by atoms with Crippen molar-refractivity contribution in [1.29, 1.82) is 0 Å². The van der Waals surface area contributed by atoms with Crippen molar-refractivity contribution in [2.45, 2.75) is 39.3 Å². The van der Waals surface area contributed by atoms with Crippen LogP contribution in [-0.2, 0) is 9.53 Å². The third-order valence-corrected chi connectivity index (χ3v) is 1.67. The summed E-state index contributed by atoms with van der Waals surface area (Å²) in [5, 5.41) is 0. The monoisotopic (exact) mass is 202 g/mol. The van der Waals surface area contributed by atoms with Gasteiger partial charge in [0, 0.05) is 7.05 Å². The second kappa shape index (κ2) is 4.30. The highest BCUT2D eigenvalue weighted by Gasteiger charge is 2.25. The van der Waals surface area contributed by atoms with Crippen LogP contribution in [0.5, 0.6) is 0 Å². The molecule has 0 aliphatic carbocycles. The van der Waals surface area contributed by atoms with Crippen molar-refractivity contribution in [1.82, 2.24) is 4.90 Å². The third-order valence-electron chi connectivity index (χ3n) is 1.67. The Hall–Kier alpha value is -1.26. The minimum Gasteiger partial charge on any atom is -0.444 e. The second-order valence-electron chi connectivity index (χ2n) is 4.17. The Morgan fingerprint density at radius 1 is 1.36 bits per heavy atom. The summed E-state index contributed by atoms with van der Waals surface area (Å²) in [6.07, 6.45) is -0.552. The lowest BCUT2D eigenvalue weighted by Gasteiger charge is -2.27. The standard InChI is InChI=1S/C9H18N2O3/c1-6(7(10)12)11(5)8(13)14-9(2,3)4/h6H,1-5H3,(H2,10,12)/t6-/m0/s1. The fourth-order valence-corrected chi connectivity index (χ4v) is 0.683. The molecule has 0 aromatic rings. The predicted octanol–water partition coefficient (Wildman–Crippen LogP) is 0.727. The van der Waals surface area contributed by atoms with Gasteiger partial charge >= 0.3 is 6.09 Å². The fourth-order valence-electron chi connectivity index (χ4n) is 0.683. The molecule has 2 amide bonds. The molecule has 0 aliphatic rings. The van der Waals surface area contributed by atoms with Crippen LogP contribution in [0.3, 0.4) is 0 Å². The van der Waals surface area contributed by atoms with Crippen molar-refractivity contribution in [3.8, 4) is 0 Å². The van der Waals surface area contributed by atoms with Gasteiger partial charge in [0.25, 0.3) is 0 Å². The van der Waals surface area contributed by atoms with E-state index < -0.39 is 23.6 Å². The van der Waals surface area contributed by atoms with E-state index in [2.05, 4.69) is 0 Å². The van der Waals surface area contributed by atoms with Crippen LogP contribution in [0.1, 0.15) is 27.7 Å². The minimum atomic E-state index is -0.662. The van der Waals surface area contributed by atoms with Gasteiger partial charge in [-0.1, -0.05) is 0 Å². The first-order valence-corrected chi connectivity index (χ1v) is 4.40. The van der Waals surface area contributed by atoms with Gasteiger partial charge in [0.1, 0.15) is 11.6 Å². The number of carbonyl (C=O) groups is 2. The molecule has 2 N–H and O–H groups in total. The zero-order valence-corrected chi connectivity index (χ0v) is 9.33. The molecule has 0 aromatic carbocycles. The van der Waals surface area contributed by atoms with E-state index in [-0.39, 0.29) is 0 Å². The van der Waals surface area contributed by atoms with E-state index in [4.69, 9.17) is 10.5 Å². The van der Waals surface area contributed by atoms with Crippen molar-refractivity contribution in [3.63, 3.8) is 0 Å². The van der Waals surface area contributed by atoms with Crippen molar-refractivity contribution < 1.29 is 14.3 Å². The number of nitrogens with zero attached hydrogens (tertiary/aromatic N) is 1. The van der Waals surface area contributed by atoms with Gasteiger partial charge in [0.15, 0.2) is 0 Å². The molecule has 0 radical (unpaired) electrons. The van der Waals surface area contributed by atoms with Crippen LogP contribution in [0.15, 0.2) is 0 Å². The van der Waals surface area contributed by atoms with E-state index in [9.17, 15) is 9.59 Å². The molecule has 0 saturated carbocycles. The summed E-state index contributed by atoms with van der Waals surface area (Å²) < 4.78 is 5.05. The average Bonchev–Trinajstić information content (AvgIpc) is 1.98. The van der Waals surface area contributed by atoms with E-state index in [1.54, 1.807) is 27.7 Å². The summed E-state index contributed by atoms with van der Waals surface area (Å²) in [6, 6.07) is -0.662. The van der Waals surface area contributed by atoms with Crippen molar-refractivity contribution in [3.05, 3.63) is 0 Å². The summed E-state index contributed by atoms with van der Waals surface area (Å²) in [4.78, 5) is 23.4. The molecule has 0 saturated heterocycles. The zero-order chi connectivity index (χ0) is 11.5. The molecule has 14 heavy (non-hydrogen) atoms. The van der Waals surface area contributed by atoms with Crippen molar-refractivity contribution >= 4 is 12.0 Å². The van der Waals surface area contributed by atoms with E-state index in [0.717, 1.165) is 0 Å². The Bertz CT molecular complexity index is 233. The molecule has 0 aromatic heterocycles. The highest BCUT2D eigenvalue weighted by atomic mass is 16.6. The van der Waals surface area contributed by atoms with Crippen LogP contribution in [0.2, 0.25) is 0 Å². The molecule has 0 heterocycles. The first-order chi connectivity index (χ1) is 6.15. The molecule has 1 atom stereocenters. The molecule has 0 aliphatic heterocycles. The van der Waals surface area contributed by atoms with Gasteiger partial charge in [-0.2, -0.15) is 0 Å². The fraction of sp³-hybridized carbons (Fsp3) is 0.778. The Labute approximate surface area is 84.2 Å². The molecule has 0 bridgehead atoms. The van der Waals surface area contributed by atoms with Crippen LogP contribution in [-0.4, -0.2) is 35.6 Å². The van der Waals surface area contributed by atoms with Crippen LogP contribution in [0, 0.1) is 0 Å². The minimum absolute atomic E-state index is 0.552. The highest BCUT2D eigenvalue weighted by molar-refractivity contribution is 5.83. The smallest absolute Gasteiger partial charge is 0.410 e. The van der Waals surface area contributed by atoms with E-state index in [1.807, 2.05) is 0 Å². The molecule has 0 spiro atoms. The maximum atomic E-state index is 11.4. The number of likely N-dealkylation sites (N-methyl/N-ethyl adjacent to an activating group) is 1. The largest absolute Gasteiger partial charge is 0.444 e. The quantitative estimate of drug-likeness (QED) is 0.717. The van der Waals surface area contributed by atoms with Gasteiger partial charge in [-0.05, 0) is 27.7 Å². The van der Waals surface area contributed by atoms with Crippen LogP contribution in [0.25, 0.3) is 0 Å². The van der Waals surface area contributed by atoms with E-state index in [1.165, 1.54) is 11.9 Å². The summed E-state index contributed by atoms with van der Waals surface area (Å²) in [5.74, 6) is -0.557. The summed E-state index contributed by atoms with van der Waals surface area (Å²) in [6.45, 7) is 6.82. The molecular weight excluding hydrogens is 184 g/mol. The van der Waals surface area contributed by atoms with Gasteiger partial charge in [-0.15, -0.1) is 0 Å². The van der Waals surface area contributed by atoms with Crippen molar-refractivity contribution in [2.24, 2.45) is 5.73 Å². The van der Waals surface area contributed by atoms with Gasteiger partial charge in [-0.25, -0.2) is 4.79 Å². The number of ether oxygens (including phenoxy) is 1. The SMILES string of the molecule is C[C@@H](C(N)=O)N(C)C(=O)OC(C)(C)C. The number of hydrogen-bond donors (Lipinski definition) is 1. The van der Waals surface area contributed by atoms with E-state index in [0.29, 0.717) is 0 Å². The lowest BCUT2D eigenvalue weighted by molar-refractivity contribution is -0.122. The van der Waals surface area contributed by atoms with Crippen LogP contribution < -0.4 is 5.73 Å². The Morgan fingerprint density at radius 3 is 2.07 bits per heavy atom. The number of carbonyl (C=O) groups excluding carboxylic acids is 2. The molecule has 0 fully saturated rings. The molecule has 82 valence electrons. The lowest BCUT2D eigenvalue weighted by Crippen LogP contribution is -2.45. The highest BCUT2D eigenvalue weighted by Crippen LogP contribution is 2.10. The van der Waals surface area contributed by atoms with Crippen LogP contribution >= 0.6 is 0 Å². The molecule has 0 rings (SSSR count). The van der Waals surface area contributed by atoms with Crippen LogP contribution in [0.4, 0.5) is 4.79 Å². The maximum Gasteiger partial charge on any atom is 0.410 e. The Balaban J connectivity index is 4.33. The van der Waals surface area contributed by atoms with Gasteiger partial charge in [-0.3, -0.25) is 9.69 Å². The summed E-state index contributed by atoms with van der Waals surface area (Å²) >= 11 is 0. The maximum absolute atomic E-state index is 11.4. The number of hydrogen-bond acceptors (Lipinski definition) is 3. The molecule has 5 heteroatoms. The number of nitrogens with two attached hydrogens (primary N) is 1. The van der Waals surface area contributed by atoms with Crippen molar-refractivity contribution in [2.75, 3.05) is 7.05 Å². The number of rotatable bonds is 2. The summed E-state index contributed by atoms with van der Waals surface area (Å²) in [7, 11) is 1.48. The number of primary amides is 1. The Morgan fingerprint density at radius 2 is 1.79 bits per heavy atom. The first-order valence-electron chi connectivity index (χ1n) is 4.40. The van der Waals surface area contributed by atoms with Gasteiger partial charge < -0.3 is 10.5 Å². The molecule has 5 nitrogen and oxygen atoms in total. The third kappa shape index (κ3) is 4.11. The number of amides is 2. The second-order valence-corrected chi connectivity index (χ2v) is 4.17. The van der Waals surface area contributed by atoms with Gasteiger partial charge in [0.05, 0.1) is 0 Å². The first kappa shape index (κ1) is 12.7. The summed E-state index contributed by atoms with van der Waals surface area (Å²) in [5.41, 5.74) is 4.48.